The zero-order valence-corrected chi connectivity index (χ0v) is 19.4. The summed E-state index contributed by atoms with van der Waals surface area (Å²) in [5.74, 6) is -0.491. The predicted octanol–water partition coefficient (Wildman–Crippen LogP) is 5.26. The predicted molar refractivity (Wildman–Crippen MR) is 132 cm³/mol. The van der Waals surface area contributed by atoms with Crippen molar-refractivity contribution in [2.24, 2.45) is 0 Å². The van der Waals surface area contributed by atoms with Gasteiger partial charge in [0.15, 0.2) is 5.11 Å². The number of rotatable bonds is 6. The monoisotopic (exact) mass is 472 g/mol. The Morgan fingerprint density at radius 1 is 1.00 bits per heavy atom. The van der Waals surface area contributed by atoms with E-state index in [2.05, 4.69) is 44.9 Å². The normalized spacial score (nSPS) is 16.4. The number of para-hydroxylation sites is 1. The van der Waals surface area contributed by atoms with Gasteiger partial charge >= 0.3 is 0 Å². The number of nitrogens with one attached hydrogen (secondary N) is 2. The van der Waals surface area contributed by atoms with Gasteiger partial charge in [0.2, 0.25) is 0 Å². The molecule has 1 saturated heterocycles. The fourth-order valence-corrected chi connectivity index (χ4v) is 5.44. The first-order chi connectivity index (χ1) is 15.5. The molecule has 168 valence electrons. The Hall–Kier alpha value is -2.55. The van der Waals surface area contributed by atoms with E-state index in [0.29, 0.717) is 16.5 Å². The Balaban J connectivity index is 1.43. The second kappa shape index (κ2) is 10.4. The molecule has 8 heteroatoms. The van der Waals surface area contributed by atoms with Gasteiger partial charge in [0.1, 0.15) is 11.6 Å². The second-order valence-corrected chi connectivity index (χ2v) is 9.22. The second-order valence-electron chi connectivity index (χ2n) is 7.83. The number of thiophene rings is 1. The van der Waals surface area contributed by atoms with Gasteiger partial charge in [0.25, 0.3) is 0 Å². The van der Waals surface area contributed by atoms with Crippen molar-refractivity contribution in [1.29, 1.82) is 0 Å². The van der Waals surface area contributed by atoms with E-state index in [0.717, 1.165) is 26.2 Å². The first-order valence-corrected chi connectivity index (χ1v) is 11.9. The molecule has 32 heavy (non-hydrogen) atoms. The summed E-state index contributed by atoms with van der Waals surface area (Å²) < 4.78 is 27.7. The number of hydrogen-bond acceptors (Lipinski definition) is 4. The highest BCUT2D eigenvalue weighted by Crippen LogP contribution is 2.30. The summed E-state index contributed by atoms with van der Waals surface area (Å²) in [6, 6.07) is 17.5. The lowest BCUT2D eigenvalue weighted by molar-refractivity contribution is 0.163. The van der Waals surface area contributed by atoms with E-state index in [9.17, 15) is 8.78 Å². The van der Waals surface area contributed by atoms with Crippen molar-refractivity contribution in [3.63, 3.8) is 0 Å². The fraction of sp³-hybridized carbons (Fsp3) is 0.292. The summed E-state index contributed by atoms with van der Waals surface area (Å²) in [5, 5.41) is 8.97. The van der Waals surface area contributed by atoms with Crippen LogP contribution in [0, 0.1) is 11.6 Å². The molecule has 0 bridgehead atoms. The molecule has 2 heterocycles. The molecule has 1 aromatic heterocycles. The van der Waals surface area contributed by atoms with E-state index >= 15 is 0 Å². The number of nitrogens with zero attached hydrogens (tertiary/aromatic N) is 2. The average Bonchev–Trinajstić information content (AvgIpc) is 3.29. The van der Waals surface area contributed by atoms with Crippen molar-refractivity contribution in [3.8, 4) is 0 Å². The maximum absolute atomic E-state index is 14.2. The number of piperazine rings is 1. The van der Waals surface area contributed by atoms with E-state index in [-0.39, 0.29) is 23.7 Å². The van der Waals surface area contributed by atoms with Crippen LogP contribution >= 0.6 is 23.6 Å². The first-order valence-electron chi connectivity index (χ1n) is 10.6. The Morgan fingerprint density at radius 3 is 2.47 bits per heavy atom. The van der Waals surface area contributed by atoms with Crippen LogP contribution in [0.25, 0.3) is 0 Å². The maximum Gasteiger partial charge on any atom is 0.171 e. The van der Waals surface area contributed by atoms with Gasteiger partial charge in [-0.1, -0.05) is 24.3 Å². The van der Waals surface area contributed by atoms with E-state index in [1.807, 2.05) is 12.1 Å². The third-order valence-corrected chi connectivity index (χ3v) is 6.81. The molecule has 0 aliphatic carbocycles. The number of hydrogen-bond donors (Lipinski definition) is 2. The summed E-state index contributed by atoms with van der Waals surface area (Å²) in [7, 11) is 0. The molecule has 1 fully saturated rings. The van der Waals surface area contributed by atoms with Crippen LogP contribution in [0.15, 0.2) is 66.0 Å². The van der Waals surface area contributed by atoms with Crippen molar-refractivity contribution in [1.82, 2.24) is 10.2 Å². The van der Waals surface area contributed by atoms with Gasteiger partial charge in [-0.05, 0) is 60.9 Å². The van der Waals surface area contributed by atoms with Crippen LogP contribution in [0.1, 0.15) is 17.8 Å². The van der Waals surface area contributed by atoms with Gasteiger partial charge in [0.05, 0.1) is 11.7 Å². The minimum absolute atomic E-state index is 0.0159. The molecule has 0 radical (unpaired) electrons. The van der Waals surface area contributed by atoms with E-state index in [4.69, 9.17) is 12.2 Å². The molecule has 2 N–H and O–H groups in total. The quantitative estimate of drug-likeness (QED) is 0.478. The van der Waals surface area contributed by atoms with Gasteiger partial charge < -0.3 is 15.5 Å². The van der Waals surface area contributed by atoms with Gasteiger partial charge in [-0.25, -0.2) is 8.78 Å². The molecular weight excluding hydrogens is 446 g/mol. The lowest BCUT2D eigenvalue weighted by Gasteiger charge is -2.42. The highest BCUT2D eigenvalue weighted by atomic mass is 32.1. The van der Waals surface area contributed by atoms with Crippen molar-refractivity contribution < 1.29 is 8.78 Å². The third kappa shape index (κ3) is 5.43. The van der Waals surface area contributed by atoms with Crippen LogP contribution < -0.4 is 15.5 Å². The van der Waals surface area contributed by atoms with Crippen molar-refractivity contribution in [3.05, 3.63) is 82.6 Å². The molecule has 4 nitrogen and oxygen atoms in total. The van der Waals surface area contributed by atoms with Gasteiger partial charge in [-0.3, -0.25) is 4.90 Å². The first kappa shape index (κ1) is 22.6. The Labute approximate surface area is 196 Å². The summed E-state index contributed by atoms with van der Waals surface area (Å²) >= 11 is 7.21. The van der Waals surface area contributed by atoms with E-state index < -0.39 is 0 Å². The maximum atomic E-state index is 14.2. The Bertz CT molecular complexity index is 1040. The highest BCUT2D eigenvalue weighted by molar-refractivity contribution is 7.80. The number of anilines is 2. The van der Waals surface area contributed by atoms with E-state index in [1.165, 1.54) is 23.1 Å². The third-order valence-electron chi connectivity index (χ3n) is 5.65. The lowest BCUT2D eigenvalue weighted by Crippen LogP contribution is -2.52. The van der Waals surface area contributed by atoms with Crippen LogP contribution in [0.4, 0.5) is 20.2 Å². The van der Waals surface area contributed by atoms with Crippen LogP contribution in [0.2, 0.25) is 0 Å². The molecule has 2 aromatic carbocycles. The van der Waals surface area contributed by atoms with Gasteiger partial charge in [-0.15, -0.1) is 11.3 Å². The molecule has 3 aromatic rings. The average molecular weight is 473 g/mol. The summed E-state index contributed by atoms with van der Waals surface area (Å²) in [6.45, 7) is 5.23. The lowest BCUT2D eigenvalue weighted by atomic mass is 10.0. The molecule has 1 aliphatic rings. The molecule has 4 rings (SSSR count). The van der Waals surface area contributed by atoms with Crippen LogP contribution in [0.3, 0.4) is 0 Å². The molecule has 2 atom stereocenters. The van der Waals surface area contributed by atoms with Gasteiger partial charge in [-0.2, -0.15) is 0 Å². The van der Waals surface area contributed by atoms with E-state index in [1.54, 1.807) is 29.5 Å². The zero-order valence-electron chi connectivity index (χ0n) is 17.8. The van der Waals surface area contributed by atoms with Crippen molar-refractivity contribution in [2.75, 3.05) is 36.4 Å². The Kier molecular flexibility index (Phi) is 7.34. The Morgan fingerprint density at radius 2 is 1.78 bits per heavy atom. The highest BCUT2D eigenvalue weighted by Gasteiger charge is 2.31. The van der Waals surface area contributed by atoms with Crippen LogP contribution in [0.5, 0.6) is 0 Å². The standard InChI is InChI=1S/C24H26F2N4S2/c1-17(27-24(31)28-19-7-4-6-18(25)16-19)23(22-10-5-15-32-22)30-13-11-29(12-14-30)21-9-3-2-8-20(21)26/h2-10,15-17,23H,11-14H2,1H3,(H2,27,28,31). The molecule has 0 saturated carbocycles. The van der Waals surface area contributed by atoms with Crippen LogP contribution in [-0.4, -0.2) is 42.2 Å². The fourth-order valence-electron chi connectivity index (χ4n) is 4.17. The smallest absolute Gasteiger partial charge is 0.171 e. The molecule has 1 aliphatic heterocycles. The minimum Gasteiger partial charge on any atom is -0.367 e. The molecule has 0 amide bonds. The molecule has 0 spiro atoms. The topological polar surface area (TPSA) is 30.5 Å². The summed E-state index contributed by atoms with van der Waals surface area (Å²) in [6.07, 6.45) is 0. The summed E-state index contributed by atoms with van der Waals surface area (Å²) in [4.78, 5) is 5.77. The number of halogens is 2. The molecular formula is C24H26F2N4S2. The summed E-state index contributed by atoms with van der Waals surface area (Å²) in [5.41, 5.74) is 1.27. The largest absolute Gasteiger partial charge is 0.367 e. The SMILES string of the molecule is CC(NC(=S)Nc1cccc(F)c1)C(c1cccs1)N1CCN(c2ccccc2F)CC1. The number of benzene rings is 2. The van der Waals surface area contributed by atoms with Gasteiger partial charge in [0, 0.05) is 42.8 Å². The van der Waals surface area contributed by atoms with Crippen LogP contribution in [-0.2, 0) is 0 Å². The zero-order chi connectivity index (χ0) is 22.5. The minimum atomic E-state index is -0.310. The number of thiocarbonyl (C=S) groups is 1. The van der Waals surface area contributed by atoms with Crippen molar-refractivity contribution >= 4 is 40.0 Å². The molecule has 2 unspecified atom stereocenters. The van der Waals surface area contributed by atoms with Crippen molar-refractivity contribution in [2.45, 2.75) is 19.0 Å².